The average Bonchev–Trinajstić information content (AvgIpc) is 2.93. The standard InChI is InChI=1S/C21H31NO3Si/c1-15-8-7-9-16-12-17(10-11-19(15)16)22-13-18(25-20(22)23)14-24-26(5,6)21(2,3)4/h10-12,18H,1,7-9,13-14H2,2-6H3/t18-/m1/s1. The molecule has 1 fully saturated rings. The SMILES string of the molecule is C=C1CCCc2cc(N3C[C@H](CO[Si](C)(C)C(C)(C)C)OC3=O)ccc21. The molecule has 4 nitrogen and oxygen atoms in total. The van der Waals surface area contributed by atoms with E-state index in [0.717, 1.165) is 24.9 Å². The van der Waals surface area contributed by atoms with Gasteiger partial charge in [-0.05, 0) is 66.2 Å². The molecule has 1 aromatic carbocycles. The fourth-order valence-electron chi connectivity index (χ4n) is 3.26. The van der Waals surface area contributed by atoms with Crippen molar-refractivity contribution in [3.63, 3.8) is 0 Å². The molecular weight excluding hydrogens is 342 g/mol. The van der Waals surface area contributed by atoms with Crippen molar-refractivity contribution in [2.45, 2.75) is 64.3 Å². The second-order valence-electron chi connectivity index (χ2n) is 8.99. The Morgan fingerprint density at radius 1 is 1.31 bits per heavy atom. The monoisotopic (exact) mass is 373 g/mol. The van der Waals surface area contributed by atoms with Crippen LogP contribution in [0.3, 0.4) is 0 Å². The zero-order valence-corrected chi connectivity index (χ0v) is 17.7. The van der Waals surface area contributed by atoms with Crippen LogP contribution >= 0.6 is 0 Å². The maximum absolute atomic E-state index is 12.4. The van der Waals surface area contributed by atoms with Crippen molar-refractivity contribution < 1.29 is 14.0 Å². The smallest absolute Gasteiger partial charge is 0.414 e. The van der Waals surface area contributed by atoms with E-state index in [1.807, 2.05) is 6.07 Å². The van der Waals surface area contributed by atoms with E-state index in [2.05, 4.69) is 52.6 Å². The van der Waals surface area contributed by atoms with Crippen LogP contribution < -0.4 is 4.90 Å². The molecule has 1 heterocycles. The quantitative estimate of drug-likeness (QED) is 0.665. The molecule has 1 amide bonds. The Balaban J connectivity index is 1.68. The van der Waals surface area contributed by atoms with Crippen LogP contribution in [0.15, 0.2) is 24.8 Å². The van der Waals surface area contributed by atoms with E-state index in [0.29, 0.717) is 13.2 Å². The van der Waals surface area contributed by atoms with Crippen molar-refractivity contribution in [2.75, 3.05) is 18.1 Å². The molecule has 0 unspecified atom stereocenters. The number of ether oxygens (including phenoxy) is 1. The van der Waals surface area contributed by atoms with Gasteiger partial charge in [-0.15, -0.1) is 0 Å². The van der Waals surface area contributed by atoms with E-state index in [9.17, 15) is 4.79 Å². The molecule has 26 heavy (non-hydrogen) atoms. The first-order valence-corrected chi connectivity index (χ1v) is 12.4. The van der Waals surface area contributed by atoms with Crippen LogP contribution in [0.25, 0.3) is 5.57 Å². The summed E-state index contributed by atoms with van der Waals surface area (Å²) in [6, 6.07) is 6.23. The lowest BCUT2D eigenvalue weighted by atomic mass is 9.88. The second kappa shape index (κ2) is 6.85. The lowest BCUT2D eigenvalue weighted by Crippen LogP contribution is -2.43. The number of allylic oxidation sites excluding steroid dienone is 1. The lowest BCUT2D eigenvalue weighted by Gasteiger charge is -2.36. The number of amides is 1. The number of fused-ring (bicyclic) bond motifs is 1. The van der Waals surface area contributed by atoms with Gasteiger partial charge in [-0.3, -0.25) is 4.90 Å². The van der Waals surface area contributed by atoms with E-state index in [1.54, 1.807) is 4.90 Å². The first-order chi connectivity index (χ1) is 12.1. The summed E-state index contributed by atoms with van der Waals surface area (Å²) in [5, 5.41) is 0.149. The molecule has 0 radical (unpaired) electrons. The van der Waals surface area contributed by atoms with Gasteiger partial charge in [0.05, 0.1) is 13.2 Å². The van der Waals surface area contributed by atoms with E-state index in [1.165, 1.54) is 16.7 Å². The minimum absolute atomic E-state index is 0.149. The highest BCUT2D eigenvalue weighted by atomic mass is 28.4. The third kappa shape index (κ3) is 3.74. The summed E-state index contributed by atoms with van der Waals surface area (Å²) in [6.07, 6.45) is 2.75. The zero-order chi connectivity index (χ0) is 19.1. The van der Waals surface area contributed by atoms with Crippen molar-refractivity contribution in [1.29, 1.82) is 0 Å². The summed E-state index contributed by atoms with van der Waals surface area (Å²) in [5.74, 6) is 0. The Labute approximate surface area is 158 Å². The van der Waals surface area contributed by atoms with E-state index in [4.69, 9.17) is 9.16 Å². The topological polar surface area (TPSA) is 38.8 Å². The van der Waals surface area contributed by atoms with Gasteiger partial charge in [0.1, 0.15) is 6.10 Å². The summed E-state index contributed by atoms with van der Waals surface area (Å²) >= 11 is 0. The molecule has 2 aliphatic rings. The predicted octanol–water partition coefficient (Wildman–Crippen LogP) is 5.38. The van der Waals surface area contributed by atoms with Crippen molar-refractivity contribution in [2.24, 2.45) is 0 Å². The molecule has 142 valence electrons. The molecule has 1 atom stereocenters. The summed E-state index contributed by atoms with van der Waals surface area (Å²) in [4.78, 5) is 14.1. The van der Waals surface area contributed by atoms with Crippen LogP contribution in [0.2, 0.25) is 18.1 Å². The van der Waals surface area contributed by atoms with Gasteiger partial charge in [0.15, 0.2) is 8.32 Å². The van der Waals surface area contributed by atoms with Crippen LogP contribution in [-0.2, 0) is 15.6 Å². The number of hydrogen-bond donors (Lipinski definition) is 0. The fourth-order valence-corrected chi connectivity index (χ4v) is 4.30. The molecule has 1 aliphatic carbocycles. The molecule has 3 rings (SSSR count). The molecule has 0 aromatic heterocycles. The van der Waals surface area contributed by atoms with Crippen molar-refractivity contribution in [3.8, 4) is 0 Å². The zero-order valence-electron chi connectivity index (χ0n) is 16.7. The largest absolute Gasteiger partial charge is 0.442 e. The Morgan fingerprint density at radius 2 is 2.04 bits per heavy atom. The van der Waals surface area contributed by atoms with Crippen molar-refractivity contribution >= 4 is 25.7 Å². The van der Waals surface area contributed by atoms with Crippen molar-refractivity contribution in [1.82, 2.24) is 0 Å². The molecule has 0 bridgehead atoms. The van der Waals surface area contributed by atoms with Gasteiger partial charge < -0.3 is 9.16 Å². The maximum Gasteiger partial charge on any atom is 0.414 e. The predicted molar refractivity (Wildman–Crippen MR) is 109 cm³/mol. The number of rotatable bonds is 4. The average molecular weight is 374 g/mol. The fraction of sp³-hybridized carbons (Fsp3) is 0.571. The van der Waals surface area contributed by atoms with Crippen LogP contribution in [0.4, 0.5) is 10.5 Å². The first-order valence-electron chi connectivity index (χ1n) is 9.52. The normalized spacial score (nSPS) is 21.0. The van der Waals surface area contributed by atoms with Gasteiger partial charge in [-0.25, -0.2) is 4.79 Å². The molecular formula is C21H31NO3Si. The van der Waals surface area contributed by atoms with E-state index >= 15 is 0 Å². The minimum atomic E-state index is -1.84. The van der Waals surface area contributed by atoms with Gasteiger partial charge in [-0.1, -0.05) is 33.4 Å². The Morgan fingerprint density at radius 3 is 2.73 bits per heavy atom. The number of nitrogens with zero attached hydrogens (tertiary/aromatic N) is 1. The van der Waals surface area contributed by atoms with Crippen LogP contribution in [0, 0.1) is 0 Å². The Bertz CT molecular complexity index is 720. The van der Waals surface area contributed by atoms with Gasteiger partial charge >= 0.3 is 6.09 Å². The van der Waals surface area contributed by atoms with Crippen molar-refractivity contribution in [3.05, 3.63) is 35.9 Å². The van der Waals surface area contributed by atoms with Gasteiger partial charge in [0.2, 0.25) is 0 Å². The van der Waals surface area contributed by atoms with E-state index < -0.39 is 8.32 Å². The third-order valence-corrected chi connectivity index (χ3v) is 10.5. The first kappa shape index (κ1) is 19.2. The Hall–Kier alpha value is -1.59. The highest BCUT2D eigenvalue weighted by molar-refractivity contribution is 6.74. The summed E-state index contributed by atoms with van der Waals surface area (Å²) in [7, 11) is -1.84. The number of cyclic esters (lactones) is 1. The third-order valence-electron chi connectivity index (χ3n) is 6.02. The number of benzene rings is 1. The summed E-state index contributed by atoms with van der Waals surface area (Å²) in [6.45, 7) is 16.3. The number of carbonyl (C=O) groups is 1. The van der Waals surface area contributed by atoms with Crippen LogP contribution in [-0.4, -0.2) is 33.7 Å². The van der Waals surface area contributed by atoms with Gasteiger partial charge in [0, 0.05) is 5.69 Å². The molecule has 1 saturated heterocycles. The molecule has 0 N–H and O–H groups in total. The number of anilines is 1. The highest BCUT2D eigenvalue weighted by Gasteiger charge is 2.40. The second-order valence-corrected chi connectivity index (χ2v) is 13.8. The molecule has 1 aromatic rings. The van der Waals surface area contributed by atoms with Crippen LogP contribution in [0.5, 0.6) is 0 Å². The summed E-state index contributed by atoms with van der Waals surface area (Å²) in [5.41, 5.74) is 4.64. The number of aryl methyl sites for hydroxylation is 1. The molecule has 0 spiro atoms. The van der Waals surface area contributed by atoms with Crippen LogP contribution in [0.1, 0.15) is 44.7 Å². The minimum Gasteiger partial charge on any atom is -0.442 e. The lowest BCUT2D eigenvalue weighted by molar-refractivity contribution is 0.0997. The summed E-state index contributed by atoms with van der Waals surface area (Å²) < 4.78 is 11.8. The van der Waals surface area contributed by atoms with E-state index in [-0.39, 0.29) is 17.2 Å². The molecule has 1 aliphatic heterocycles. The highest BCUT2D eigenvalue weighted by Crippen LogP contribution is 2.37. The van der Waals surface area contributed by atoms with Gasteiger partial charge in [0.25, 0.3) is 0 Å². The molecule has 5 heteroatoms. The molecule has 0 saturated carbocycles. The Kier molecular flexibility index (Phi) is 5.06. The maximum atomic E-state index is 12.4. The number of hydrogen-bond acceptors (Lipinski definition) is 3. The number of carbonyl (C=O) groups excluding carboxylic acids is 1. The van der Waals surface area contributed by atoms with Gasteiger partial charge in [-0.2, -0.15) is 0 Å².